The molecule has 2 aromatic rings. The molecular weight excluding hydrogens is 360 g/mol. The number of hydrogen-bond acceptors (Lipinski definition) is 6. The Hall–Kier alpha value is -3.48. The lowest BCUT2D eigenvalue weighted by molar-refractivity contribution is -0.127. The van der Waals surface area contributed by atoms with E-state index in [-0.39, 0.29) is 30.2 Å². The van der Waals surface area contributed by atoms with Crippen molar-refractivity contribution in [3.63, 3.8) is 0 Å². The normalized spacial score (nSPS) is 13.8. The van der Waals surface area contributed by atoms with Crippen LogP contribution in [0.1, 0.15) is 34.3 Å². The highest BCUT2D eigenvalue weighted by molar-refractivity contribution is 6.38. The number of esters is 2. The van der Waals surface area contributed by atoms with Gasteiger partial charge in [0.1, 0.15) is 11.5 Å². The minimum absolute atomic E-state index is 0.164. The van der Waals surface area contributed by atoms with Gasteiger partial charge in [-0.2, -0.15) is 10.1 Å². The van der Waals surface area contributed by atoms with E-state index in [9.17, 15) is 14.4 Å². The fourth-order valence-electron chi connectivity index (χ4n) is 2.78. The number of methoxy groups -OCH3 is 1. The first-order valence-electron chi connectivity index (χ1n) is 8.77. The zero-order valence-corrected chi connectivity index (χ0v) is 15.9. The number of carbonyl (C=O) groups excluding carboxylic acids is 3. The van der Waals surface area contributed by atoms with Crippen LogP contribution in [0.5, 0.6) is 5.75 Å². The summed E-state index contributed by atoms with van der Waals surface area (Å²) >= 11 is 0. The molecule has 0 spiro atoms. The highest BCUT2D eigenvalue weighted by Gasteiger charge is 2.27. The minimum atomic E-state index is -0.631. The summed E-state index contributed by atoms with van der Waals surface area (Å²) in [5, 5.41) is 5.51. The molecule has 7 heteroatoms. The van der Waals surface area contributed by atoms with Crippen molar-refractivity contribution in [2.45, 2.75) is 26.7 Å². The van der Waals surface area contributed by atoms with Crippen LogP contribution in [0.15, 0.2) is 47.6 Å². The van der Waals surface area contributed by atoms with Gasteiger partial charge in [-0.3, -0.25) is 4.79 Å². The van der Waals surface area contributed by atoms with Crippen LogP contribution >= 0.6 is 0 Å². The molecule has 1 amide bonds. The second-order valence-electron chi connectivity index (χ2n) is 6.45. The quantitative estimate of drug-likeness (QED) is 0.601. The molecule has 0 saturated heterocycles. The van der Waals surface area contributed by atoms with E-state index in [0.29, 0.717) is 11.3 Å². The number of rotatable bonds is 4. The Labute approximate surface area is 162 Å². The van der Waals surface area contributed by atoms with Crippen molar-refractivity contribution >= 4 is 29.2 Å². The second kappa shape index (κ2) is 8.04. The van der Waals surface area contributed by atoms with Gasteiger partial charge in [0, 0.05) is 12.8 Å². The number of hydrogen-bond donors (Lipinski definition) is 0. The van der Waals surface area contributed by atoms with Crippen LogP contribution in [0.3, 0.4) is 0 Å². The summed E-state index contributed by atoms with van der Waals surface area (Å²) in [6.07, 6.45) is 0.377. The first kappa shape index (κ1) is 19.3. The number of benzene rings is 2. The Kier molecular flexibility index (Phi) is 5.54. The van der Waals surface area contributed by atoms with E-state index in [2.05, 4.69) is 9.84 Å². The summed E-state index contributed by atoms with van der Waals surface area (Å²) in [6, 6.07) is 11.7. The highest BCUT2D eigenvalue weighted by atomic mass is 16.5. The molecule has 7 nitrogen and oxygen atoms in total. The minimum Gasteiger partial charge on any atom is -0.465 e. The predicted octanol–water partition coefficient (Wildman–Crippen LogP) is 3.18. The molecular formula is C21H20N2O5. The van der Waals surface area contributed by atoms with E-state index in [1.807, 2.05) is 32.0 Å². The lowest BCUT2D eigenvalue weighted by Gasteiger charge is -2.24. The van der Waals surface area contributed by atoms with Crippen LogP contribution in [0, 0.1) is 13.8 Å². The number of amides is 1. The van der Waals surface area contributed by atoms with Crippen molar-refractivity contribution in [2.75, 3.05) is 12.1 Å². The number of aryl methyl sites for hydroxylation is 2. The van der Waals surface area contributed by atoms with Crippen molar-refractivity contribution in [2.24, 2.45) is 5.10 Å². The molecule has 2 aromatic carbocycles. The molecule has 144 valence electrons. The van der Waals surface area contributed by atoms with E-state index in [0.717, 1.165) is 11.1 Å². The van der Waals surface area contributed by atoms with Crippen LogP contribution < -0.4 is 9.75 Å². The third-order valence-corrected chi connectivity index (χ3v) is 4.35. The third kappa shape index (κ3) is 4.09. The summed E-state index contributed by atoms with van der Waals surface area (Å²) < 4.78 is 9.97. The van der Waals surface area contributed by atoms with Gasteiger partial charge >= 0.3 is 11.9 Å². The molecule has 0 unspecified atom stereocenters. The van der Waals surface area contributed by atoms with Gasteiger partial charge in [-0.05, 0) is 55.3 Å². The Balaban J connectivity index is 1.80. The molecule has 0 fully saturated rings. The largest absolute Gasteiger partial charge is 0.465 e. The SMILES string of the molecule is COC(=O)c1ccc(OC(=O)C2=NN(c3cc(C)ccc3C)C(=O)CC2)cc1. The third-order valence-electron chi connectivity index (χ3n) is 4.35. The van der Waals surface area contributed by atoms with E-state index < -0.39 is 11.9 Å². The molecule has 3 rings (SSSR count). The van der Waals surface area contributed by atoms with Gasteiger partial charge in [-0.1, -0.05) is 12.1 Å². The first-order valence-corrected chi connectivity index (χ1v) is 8.77. The number of anilines is 1. The highest BCUT2D eigenvalue weighted by Crippen LogP contribution is 2.26. The lowest BCUT2D eigenvalue weighted by Crippen LogP contribution is -2.36. The van der Waals surface area contributed by atoms with E-state index >= 15 is 0 Å². The van der Waals surface area contributed by atoms with Crippen molar-refractivity contribution < 1.29 is 23.9 Å². The van der Waals surface area contributed by atoms with Gasteiger partial charge < -0.3 is 9.47 Å². The Bertz CT molecular complexity index is 963. The molecule has 0 N–H and O–H groups in total. The van der Waals surface area contributed by atoms with E-state index in [1.54, 1.807) is 0 Å². The second-order valence-corrected chi connectivity index (χ2v) is 6.45. The van der Waals surface area contributed by atoms with Crippen LogP contribution in [0.2, 0.25) is 0 Å². The maximum absolute atomic E-state index is 12.5. The van der Waals surface area contributed by atoms with E-state index in [1.165, 1.54) is 36.4 Å². The summed E-state index contributed by atoms with van der Waals surface area (Å²) in [6.45, 7) is 3.81. The van der Waals surface area contributed by atoms with Gasteiger partial charge in [-0.15, -0.1) is 0 Å². The standard InChI is InChI=1S/C21H20N2O5/c1-13-4-5-14(2)18(12-13)23-19(24)11-10-17(22-23)21(26)28-16-8-6-15(7-9-16)20(25)27-3/h4-9,12H,10-11H2,1-3H3. The topological polar surface area (TPSA) is 85.3 Å². The Morgan fingerprint density at radius 2 is 1.71 bits per heavy atom. The average molecular weight is 380 g/mol. The smallest absolute Gasteiger partial charge is 0.359 e. The average Bonchev–Trinajstić information content (AvgIpc) is 2.70. The fourth-order valence-corrected chi connectivity index (χ4v) is 2.78. The molecule has 0 bridgehead atoms. The number of hydrazone groups is 1. The molecule has 1 aliphatic rings. The van der Waals surface area contributed by atoms with Crippen LogP contribution in [-0.2, 0) is 14.3 Å². The van der Waals surface area contributed by atoms with Crippen LogP contribution in [0.4, 0.5) is 5.69 Å². The lowest BCUT2D eigenvalue weighted by atomic mass is 10.1. The van der Waals surface area contributed by atoms with Gasteiger partial charge in [-0.25, -0.2) is 9.59 Å². The van der Waals surface area contributed by atoms with Gasteiger partial charge in [0.05, 0.1) is 18.4 Å². The van der Waals surface area contributed by atoms with Crippen molar-refractivity contribution in [3.8, 4) is 5.75 Å². The summed E-state index contributed by atoms with van der Waals surface area (Å²) in [5.74, 6) is -1.01. The summed E-state index contributed by atoms with van der Waals surface area (Å²) in [4.78, 5) is 36.3. The maximum atomic E-state index is 12.5. The van der Waals surface area contributed by atoms with E-state index in [4.69, 9.17) is 4.74 Å². The van der Waals surface area contributed by atoms with Crippen molar-refractivity contribution in [1.82, 2.24) is 0 Å². The Morgan fingerprint density at radius 1 is 1.00 bits per heavy atom. The molecule has 1 heterocycles. The number of ether oxygens (including phenoxy) is 2. The van der Waals surface area contributed by atoms with Crippen molar-refractivity contribution in [1.29, 1.82) is 0 Å². The van der Waals surface area contributed by atoms with Gasteiger partial charge in [0.15, 0.2) is 0 Å². The maximum Gasteiger partial charge on any atom is 0.359 e. The van der Waals surface area contributed by atoms with Gasteiger partial charge in [0.25, 0.3) is 0 Å². The zero-order valence-electron chi connectivity index (χ0n) is 15.9. The van der Waals surface area contributed by atoms with Crippen molar-refractivity contribution in [3.05, 3.63) is 59.2 Å². The van der Waals surface area contributed by atoms with Crippen LogP contribution in [-0.4, -0.2) is 30.7 Å². The zero-order chi connectivity index (χ0) is 20.3. The fraction of sp³-hybridized carbons (Fsp3) is 0.238. The molecule has 1 aliphatic heterocycles. The van der Waals surface area contributed by atoms with Gasteiger partial charge in [0.2, 0.25) is 5.91 Å². The molecule has 0 atom stereocenters. The monoisotopic (exact) mass is 380 g/mol. The molecule has 0 aromatic heterocycles. The molecule has 28 heavy (non-hydrogen) atoms. The summed E-state index contributed by atoms with van der Waals surface area (Å²) in [7, 11) is 1.29. The number of nitrogens with zero attached hydrogens (tertiary/aromatic N) is 2. The van der Waals surface area contributed by atoms with Crippen LogP contribution in [0.25, 0.3) is 0 Å². The molecule has 0 saturated carbocycles. The molecule has 0 aliphatic carbocycles. The molecule has 0 radical (unpaired) electrons. The Morgan fingerprint density at radius 3 is 2.39 bits per heavy atom. The first-order chi connectivity index (χ1) is 13.4. The summed E-state index contributed by atoms with van der Waals surface area (Å²) in [5.41, 5.74) is 3.04. The predicted molar refractivity (Wildman–Crippen MR) is 103 cm³/mol. The number of carbonyl (C=O) groups is 3.